The van der Waals surface area contributed by atoms with Gasteiger partial charge in [-0.05, 0) is 48.0 Å². The van der Waals surface area contributed by atoms with Crippen LogP contribution < -0.4 is 20.1 Å². The SMILES string of the molecule is Cn1c(=O)/c(=C\c2cccc(NC(=O)c3ccc(Cl)cc3)c2)s/c1=C\C(=O)C(C)(C)C. The van der Waals surface area contributed by atoms with Gasteiger partial charge in [0.2, 0.25) is 0 Å². The fraction of sp³-hybridized carbons (Fsp3) is 0.208. The molecule has 0 radical (unpaired) electrons. The van der Waals surface area contributed by atoms with Crippen LogP contribution in [-0.4, -0.2) is 16.3 Å². The number of carbonyl (C=O) groups excluding carboxylic acids is 2. The number of nitrogens with zero attached hydrogens (tertiary/aromatic N) is 1. The average Bonchev–Trinajstić information content (AvgIpc) is 2.96. The van der Waals surface area contributed by atoms with Gasteiger partial charge in [0.1, 0.15) is 4.66 Å². The summed E-state index contributed by atoms with van der Waals surface area (Å²) in [5.41, 5.74) is 1.18. The van der Waals surface area contributed by atoms with Crippen LogP contribution in [0.2, 0.25) is 5.02 Å². The molecule has 1 amide bonds. The molecule has 5 nitrogen and oxygen atoms in total. The number of hydrogen-bond donors (Lipinski definition) is 1. The molecule has 0 saturated carbocycles. The van der Waals surface area contributed by atoms with Crippen molar-refractivity contribution in [1.29, 1.82) is 0 Å². The molecule has 0 aliphatic rings. The topological polar surface area (TPSA) is 68.2 Å². The lowest BCUT2D eigenvalue weighted by Crippen LogP contribution is -2.30. The molecule has 0 spiro atoms. The summed E-state index contributed by atoms with van der Waals surface area (Å²) in [6.07, 6.45) is 3.27. The molecule has 0 aliphatic heterocycles. The molecule has 160 valence electrons. The monoisotopic (exact) mass is 454 g/mol. The Morgan fingerprint density at radius 1 is 1.10 bits per heavy atom. The van der Waals surface area contributed by atoms with E-state index in [1.54, 1.807) is 55.6 Å². The number of nitrogens with one attached hydrogen (secondary N) is 1. The van der Waals surface area contributed by atoms with E-state index in [0.29, 0.717) is 25.5 Å². The number of thiazole rings is 1. The van der Waals surface area contributed by atoms with Crippen molar-refractivity contribution >= 4 is 52.5 Å². The minimum Gasteiger partial charge on any atom is -0.322 e. The molecule has 0 atom stereocenters. The van der Waals surface area contributed by atoms with E-state index < -0.39 is 5.41 Å². The number of anilines is 1. The van der Waals surface area contributed by atoms with E-state index in [2.05, 4.69) is 5.32 Å². The highest BCUT2D eigenvalue weighted by Gasteiger charge is 2.19. The predicted octanol–water partition coefficient (Wildman–Crippen LogP) is 3.58. The Morgan fingerprint density at radius 3 is 2.42 bits per heavy atom. The Bertz CT molecular complexity index is 1310. The van der Waals surface area contributed by atoms with E-state index in [0.717, 1.165) is 5.56 Å². The molecule has 0 bridgehead atoms. The minimum absolute atomic E-state index is 0.0391. The first-order valence-electron chi connectivity index (χ1n) is 9.65. The number of ketones is 1. The maximum atomic E-state index is 12.6. The van der Waals surface area contributed by atoms with E-state index in [1.165, 1.54) is 22.0 Å². The highest BCUT2D eigenvalue weighted by atomic mass is 35.5. The standard InChI is InChI=1S/C24H23ClN2O3S/c1-24(2,3)20(28)14-21-27(4)23(30)19(31-21)13-15-6-5-7-18(12-15)26-22(29)16-8-10-17(25)11-9-16/h5-14H,1-4H3,(H,26,29)/b19-13+,21-14-. The number of benzene rings is 2. The highest BCUT2D eigenvalue weighted by Crippen LogP contribution is 2.16. The van der Waals surface area contributed by atoms with E-state index in [9.17, 15) is 14.4 Å². The quantitative estimate of drug-likeness (QED) is 0.655. The Hall–Kier alpha value is -2.96. The highest BCUT2D eigenvalue weighted by molar-refractivity contribution is 7.07. The van der Waals surface area contributed by atoms with Crippen LogP contribution in [0.1, 0.15) is 36.7 Å². The molecule has 0 fully saturated rings. The third kappa shape index (κ3) is 5.60. The summed E-state index contributed by atoms with van der Waals surface area (Å²) >= 11 is 7.13. The fourth-order valence-corrected chi connectivity index (χ4v) is 3.85. The first kappa shape index (κ1) is 22.7. The molecular formula is C24H23ClN2O3S. The van der Waals surface area contributed by atoms with Crippen molar-refractivity contribution in [1.82, 2.24) is 4.57 Å². The van der Waals surface area contributed by atoms with E-state index >= 15 is 0 Å². The smallest absolute Gasteiger partial charge is 0.268 e. The summed E-state index contributed by atoms with van der Waals surface area (Å²) in [6, 6.07) is 13.8. The van der Waals surface area contributed by atoms with Crippen molar-refractivity contribution < 1.29 is 9.59 Å². The van der Waals surface area contributed by atoms with Crippen LogP contribution in [0.4, 0.5) is 5.69 Å². The molecule has 3 aromatic rings. The van der Waals surface area contributed by atoms with Gasteiger partial charge in [-0.1, -0.05) is 44.5 Å². The van der Waals surface area contributed by atoms with Crippen LogP contribution in [-0.2, 0) is 11.8 Å². The van der Waals surface area contributed by atoms with Crippen molar-refractivity contribution in [2.75, 3.05) is 5.32 Å². The molecule has 1 heterocycles. The second kappa shape index (κ2) is 9.04. The third-order valence-electron chi connectivity index (χ3n) is 4.60. The number of amides is 1. The number of aromatic nitrogens is 1. The molecule has 3 rings (SSSR count). The number of halogens is 1. The number of Topliss-reactive ketones (excluding diaryl/α,β-unsaturated/α-hetero) is 1. The van der Waals surface area contributed by atoms with Crippen molar-refractivity contribution in [2.45, 2.75) is 20.8 Å². The Labute approximate surface area is 189 Å². The normalized spacial score (nSPS) is 12.8. The number of carbonyl (C=O) groups is 2. The first-order chi connectivity index (χ1) is 14.5. The zero-order valence-corrected chi connectivity index (χ0v) is 19.3. The molecular weight excluding hydrogens is 432 g/mol. The summed E-state index contributed by atoms with van der Waals surface area (Å²) in [7, 11) is 1.65. The van der Waals surface area contributed by atoms with Crippen LogP contribution in [0.5, 0.6) is 0 Å². The lowest BCUT2D eigenvalue weighted by Gasteiger charge is -2.12. The molecule has 0 saturated heterocycles. The average molecular weight is 455 g/mol. The summed E-state index contributed by atoms with van der Waals surface area (Å²) in [5, 5.41) is 3.41. The minimum atomic E-state index is -0.513. The molecule has 1 N–H and O–H groups in total. The zero-order chi connectivity index (χ0) is 22.8. The predicted molar refractivity (Wildman–Crippen MR) is 127 cm³/mol. The Balaban J connectivity index is 1.91. The second-order valence-corrected chi connectivity index (χ2v) is 9.66. The van der Waals surface area contributed by atoms with Gasteiger partial charge in [0.05, 0.1) is 4.53 Å². The van der Waals surface area contributed by atoms with E-state index in [-0.39, 0.29) is 17.2 Å². The fourth-order valence-electron chi connectivity index (χ4n) is 2.70. The summed E-state index contributed by atoms with van der Waals surface area (Å²) < 4.78 is 2.59. The molecule has 0 unspecified atom stereocenters. The van der Waals surface area contributed by atoms with Gasteiger partial charge in [-0.25, -0.2) is 0 Å². The first-order valence-corrected chi connectivity index (χ1v) is 10.8. The van der Waals surface area contributed by atoms with Crippen LogP contribution in [0.25, 0.3) is 12.2 Å². The lowest BCUT2D eigenvalue weighted by molar-refractivity contribution is -0.120. The van der Waals surface area contributed by atoms with Crippen LogP contribution in [0.15, 0.2) is 53.3 Å². The molecule has 31 heavy (non-hydrogen) atoms. The van der Waals surface area contributed by atoms with Crippen molar-refractivity contribution in [2.24, 2.45) is 12.5 Å². The summed E-state index contributed by atoms with van der Waals surface area (Å²) in [5.74, 6) is -0.291. The van der Waals surface area contributed by atoms with Gasteiger partial charge in [0, 0.05) is 34.8 Å². The van der Waals surface area contributed by atoms with Crippen molar-refractivity contribution in [3.05, 3.63) is 84.2 Å². The second-order valence-electron chi connectivity index (χ2n) is 8.16. The zero-order valence-electron chi connectivity index (χ0n) is 17.7. The van der Waals surface area contributed by atoms with E-state index in [4.69, 9.17) is 11.6 Å². The Kier molecular flexibility index (Phi) is 6.62. The van der Waals surface area contributed by atoms with Crippen LogP contribution >= 0.6 is 22.9 Å². The maximum Gasteiger partial charge on any atom is 0.268 e. The van der Waals surface area contributed by atoms with Crippen LogP contribution in [0.3, 0.4) is 0 Å². The van der Waals surface area contributed by atoms with Crippen molar-refractivity contribution in [3.63, 3.8) is 0 Å². The molecule has 1 aromatic heterocycles. The maximum absolute atomic E-state index is 12.6. The Morgan fingerprint density at radius 2 is 1.77 bits per heavy atom. The van der Waals surface area contributed by atoms with Gasteiger partial charge in [-0.2, -0.15) is 0 Å². The summed E-state index contributed by atoms with van der Waals surface area (Å²) in [4.78, 5) is 37.4. The van der Waals surface area contributed by atoms with Gasteiger partial charge in [-0.3, -0.25) is 14.4 Å². The lowest BCUT2D eigenvalue weighted by atomic mass is 9.91. The largest absolute Gasteiger partial charge is 0.322 e. The third-order valence-corrected chi connectivity index (χ3v) is 5.97. The molecule has 2 aromatic carbocycles. The van der Waals surface area contributed by atoms with E-state index in [1.807, 2.05) is 26.8 Å². The van der Waals surface area contributed by atoms with Gasteiger partial charge in [0.25, 0.3) is 11.5 Å². The van der Waals surface area contributed by atoms with Crippen LogP contribution in [0, 0.1) is 5.41 Å². The molecule has 7 heteroatoms. The van der Waals surface area contributed by atoms with Gasteiger partial charge in [0.15, 0.2) is 5.78 Å². The van der Waals surface area contributed by atoms with Gasteiger partial charge < -0.3 is 9.88 Å². The van der Waals surface area contributed by atoms with Crippen molar-refractivity contribution in [3.8, 4) is 0 Å². The number of rotatable bonds is 4. The molecule has 0 aliphatic carbocycles. The van der Waals surface area contributed by atoms with Gasteiger partial charge in [-0.15, -0.1) is 11.3 Å². The number of hydrogen-bond acceptors (Lipinski definition) is 4. The summed E-state index contributed by atoms with van der Waals surface area (Å²) in [6.45, 7) is 5.53. The van der Waals surface area contributed by atoms with Gasteiger partial charge >= 0.3 is 0 Å².